The molecule has 0 amide bonds. The second-order valence-electron chi connectivity index (χ2n) is 9.51. The summed E-state index contributed by atoms with van der Waals surface area (Å²) in [6.07, 6.45) is 1.73. The lowest BCUT2D eigenvalue weighted by Crippen LogP contribution is -2.20. The van der Waals surface area contributed by atoms with Crippen LogP contribution in [-0.4, -0.2) is 20.4 Å². The van der Waals surface area contributed by atoms with Crippen LogP contribution in [0.3, 0.4) is 0 Å². The summed E-state index contributed by atoms with van der Waals surface area (Å²) in [4.78, 5) is 18.4. The Hall–Kier alpha value is -4.23. The van der Waals surface area contributed by atoms with Crippen molar-refractivity contribution in [2.75, 3.05) is 0 Å². The molecule has 3 aromatic carbocycles. The molecule has 0 saturated carbocycles. The molecule has 0 aliphatic heterocycles. The molecule has 7 heteroatoms. The first-order valence-electron chi connectivity index (χ1n) is 12.3. The van der Waals surface area contributed by atoms with E-state index in [1.807, 2.05) is 42.5 Å². The summed E-state index contributed by atoms with van der Waals surface area (Å²) in [7, 11) is 0. The van der Waals surface area contributed by atoms with E-state index in [-0.39, 0.29) is 5.56 Å². The fraction of sp³-hybridized carbons (Fsp3) is 0.129. The maximum Gasteiger partial charge on any atom is 0.282 e. The first-order chi connectivity index (χ1) is 18.3. The summed E-state index contributed by atoms with van der Waals surface area (Å²) in [6.45, 7) is 8.39. The normalized spacial score (nSPS) is 11.8. The number of nitrogens with zero attached hydrogens (tertiary/aromatic N) is 4. The van der Waals surface area contributed by atoms with Crippen LogP contribution in [0.25, 0.3) is 39.1 Å². The number of para-hydroxylation sites is 2. The van der Waals surface area contributed by atoms with Gasteiger partial charge in [0.25, 0.3) is 5.56 Å². The van der Waals surface area contributed by atoms with Gasteiger partial charge < -0.3 is 8.98 Å². The van der Waals surface area contributed by atoms with Gasteiger partial charge in [-0.1, -0.05) is 46.3 Å². The maximum absolute atomic E-state index is 13.6. The molecule has 6 rings (SSSR count). The fourth-order valence-corrected chi connectivity index (χ4v) is 5.43. The maximum atomic E-state index is 13.6. The quantitative estimate of drug-likeness (QED) is 0.208. The van der Waals surface area contributed by atoms with Gasteiger partial charge in [-0.05, 0) is 81.3 Å². The molecular weight excluding hydrogens is 540 g/mol. The minimum atomic E-state index is -0.257. The summed E-state index contributed by atoms with van der Waals surface area (Å²) < 4.78 is 10.6. The highest BCUT2D eigenvalue weighted by atomic mass is 79.9. The lowest BCUT2D eigenvalue weighted by molar-refractivity contribution is 0.616. The molecular formula is C31H25BrN4O2. The van der Waals surface area contributed by atoms with E-state index in [2.05, 4.69) is 77.6 Å². The molecule has 0 saturated heterocycles. The van der Waals surface area contributed by atoms with Crippen LogP contribution in [0.5, 0.6) is 0 Å². The third-order valence-electron chi connectivity index (χ3n) is 6.90. The highest BCUT2D eigenvalue weighted by Crippen LogP contribution is 2.30. The molecule has 0 bridgehead atoms. The summed E-state index contributed by atoms with van der Waals surface area (Å²) in [6, 6.07) is 23.3. The van der Waals surface area contributed by atoms with Gasteiger partial charge in [-0.2, -0.15) is 9.78 Å². The zero-order chi connectivity index (χ0) is 26.6. The van der Waals surface area contributed by atoms with Crippen molar-refractivity contribution in [1.29, 1.82) is 0 Å². The largest absolute Gasteiger partial charge is 0.453 e. The standard InChI is InChI=1S/C31H25BrN4O2/c1-18-8-7-9-19(2)29(18)35-20(3)14-23(21(35)4)17-33-36-30(34-26-11-6-5-10-25(26)31(36)37)28-16-22-15-24(32)12-13-27(22)38-28/h5-17H,1-4H3. The first kappa shape index (κ1) is 24.1. The minimum absolute atomic E-state index is 0.257. The van der Waals surface area contributed by atoms with E-state index in [4.69, 9.17) is 9.40 Å². The van der Waals surface area contributed by atoms with Crippen molar-refractivity contribution >= 4 is 44.0 Å². The molecule has 188 valence electrons. The molecule has 38 heavy (non-hydrogen) atoms. The van der Waals surface area contributed by atoms with Gasteiger partial charge in [0.1, 0.15) is 5.58 Å². The van der Waals surface area contributed by atoms with E-state index < -0.39 is 0 Å². The average molecular weight is 565 g/mol. The van der Waals surface area contributed by atoms with Gasteiger partial charge in [-0.25, -0.2) is 4.98 Å². The molecule has 3 heterocycles. The predicted octanol–water partition coefficient (Wildman–Crippen LogP) is 7.48. The van der Waals surface area contributed by atoms with Crippen LogP contribution in [0.1, 0.15) is 28.1 Å². The van der Waals surface area contributed by atoms with Crippen LogP contribution in [0, 0.1) is 27.7 Å². The highest BCUT2D eigenvalue weighted by Gasteiger charge is 2.18. The number of hydrogen-bond acceptors (Lipinski definition) is 4. The van der Waals surface area contributed by atoms with Crippen molar-refractivity contribution in [3.63, 3.8) is 0 Å². The molecule has 0 atom stereocenters. The molecule has 3 aromatic heterocycles. The van der Waals surface area contributed by atoms with Gasteiger partial charge in [0, 0.05) is 26.8 Å². The number of fused-ring (bicyclic) bond motifs is 2. The van der Waals surface area contributed by atoms with E-state index >= 15 is 0 Å². The van der Waals surface area contributed by atoms with E-state index in [0.29, 0.717) is 28.1 Å². The molecule has 0 unspecified atom stereocenters. The van der Waals surface area contributed by atoms with Gasteiger partial charge in [0.05, 0.1) is 22.8 Å². The monoisotopic (exact) mass is 564 g/mol. The molecule has 0 N–H and O–H groups in total. The van der Waals surface area contributed by atoms with E-state index in [1.54, 1.807) is 12.3 Å². The van der Waals surface area contributed by atoms with Crippen LogP contribution >= 0.6 is 15.9 Å². The Morgan fingerprint density at radius 2 is 1.68 bits per heavy atom. The Balaban J connectivity index is 1.53. The van der Waals surface area contributed by atoms with Crippen molar-refractivity contribution in [2.45, 2.75) is 27.7 Å². The third kappa shape index (κ3) is 4.00. The molecule has 0 aliphatic rings. The molecule has 6 aromatic rings. The third-order valence-corrected chi connectivity index (χ3v) is 7.39. The second kappa shape index (κ2) is 9.26. The Kier molecular flexibility index (Phi) is 5.88. The van der Waals surface area contributed by atoms with Crippen molar-refractivity contribution in [3.8, 4) is 17.3 Å². The molecule has 0 radical (unpaired) electrons. The molecule has 0 fully saturated rings. The van der Waals surface area contributed by atoms with E-state index in [1.165, 1.54) is 21.5 Å². The Morgan fingerprint density at radius 1 is 0.921 bits per heavy atom. The average Bonchev–Trinajstić information content (AvgIpc) is 3.43. The number of rotatable bonds is 4. The summed E-state index contributed by atoms with van der Waals surface area (Å²) >= 11 is 3.51. The van der Waals surface area contributed by atoms with Crippen molar-refractivity contribution in [1.82, 2.24) is 14.2 Å². The fourth-order valence-electron chi connectivity index (χ4n) is 5.06. The number of aromatic nitrogens is 3. The lowest BCUT2D eigenvalue weighted by Gasteiger charge is -2.15. The second-order valence-corrected chi connectivity index (χ2v) is 10.4. The van der Waals surface area contributed by atoms with Gasteiger partial charge in [0.2, 0.25) is 5.82 Å². The lowest BCUT2D eigenvalue weighted by atomic mass is 10.1. The van der Waals surface area contributed by atoms with Gasteiger partial charge in [-0.15, -0.1) is 0 Å². The number of benzene rings is 3. The SMILES string of the molecule is Cc1cccc(C)c1-n1c(C)cc(C=Nn2c(-c3cc4cc(Br)ccc4o3)nc3ccccc3c2=O)c1C. The summed E-state index contributed by atoms with van der Waals surface area (Å²) in [5.74, 6) is 0.819. The Labute approximate surface area is 228 Å². The van der Waals surface area contributed by atoms with Crippen molar-refractivity contribution < 1.29 is 4.42 Å². The van der Waals surface area contributed by atoms with Crippen LogP contribution in [0.2, 0.25) is 0 Å². The molecule has 0 spiro atoms. The zero-order valence-electron chi connectivity index (χ0n) is 21.5. The predicted molar refractivity (Wildman–Crippen MR) is 157 cm³/mol. The van der Waals surface area contributed by atoms with E-state index in [0.717, 1.165) is 26.8 Å². The number of furan rings is 1. The molecule has 0 aliphatic carbocycles. The molecule has 6 nitrogen and oxygen atoms in total. The number of hydrogen-bond donors (Lipinski definition) is 0. The first-order valence-corrected chi connectivity index (χ1v) is 13.1. The Bertz CT molecular complexity index is 1940. The smallest absolute Gasteiger partial charge is 0.282 e. The van der Waals surface area contributed by atoms with Crippen molar-refractivity contribution in [2.24, 2.45) is 5.10 Å². The van der Waals surface area contributed by atoms with Crippen LogP contribution in [0.15, 0.2) is 91.6 Å². The van der Waals surface area contributed by atoms with Crippen LogP contribution in [0.4, 0.5) is 0 Å². The number of halogens is 1. The topological polar surface area (TPSA) is 65.3 Å². The zero-order valence-corrected chi connectivity index (χ0v) is 23.1. The van der Waals surface area contributed by atoms with Gasteiger partial charge >= 0.3 is 0 Å². The Morgan fingerprint density at radius 3 is 2.47 bits per heavy atom. The van der Waals surface area contributed by atoms with Crippen molar-refractivity contribution in [3.05, 3.63) is 116 Å². The highest BCUT2D eigenvalue weighted by molar-refractivity contribution is 9.10. The van der Waals surface area contributed by atoms with Crippen LogP contribution < -0.4 is 5.56 Å². The minimum Gasteiger partial charge on any atom is -0.453 e. The summed E-state index contributed by atoms with van der Waals surface area (Å²) in [5, 5.41) is 6.08. The van der Waals surface area contributed by atoms with Gasteiger partial charge in [-0.3, -0.25) is 4.79 Å². The van der Waals surface area contributed by atoms with E-state index in [9.17, 15) is 4.79 Å². The number of aryl methyl sites for hydroxylation is 3. The van der Waals surface area contributed by atoms with Crippen LogP contribution in [-0.2, 0) is 0 Å². The van der Waals surface area contributed by atoms with Gasteiger partial charge in [0.15, 0.2) is 5.76 Å². The summed E-state index contributed by atoms with van der Waals surface area (Å²) in [5.41, 5.74) is 7.66.